The summed E-state index contributed by atoms with van der Waals surface area (Å²) in [7, 11) is 0. The molecule has 0 rings (SSSR count). The van der Waals surface area contributed by atoms with E-state index in [4.69, 9.17) is 0 Å². The lowest BCUT2D eigenvalue weighted by molar-refractivity contribution is -0.137. The molecule has 0 heterocycles. The van der Waals surface area contributed by atoms with E-state index in [1.54, 1.807) is 0 Å². The fourth-order valence-corrected chi connectivity index (χ4v) is 1.59. The third-order valence-electron chi connectivity index (χ3n) is 2.31. The Morgan fingerprint density at radius 2 is 1.50 bits per heavy atom. The molecule has 0 aromatic carbocycles. The maximum Gasteiger partial charge on any atom is 0.225 e. The third-order valence-corrected chi connectivity index (χ3v) is 2.31. The molecule has 4 heteroatoms. The normalized spacial score (nSPS) is 9.75. The molecule has 0 atom stereocenters. The molecule has 0 aromatic heterocycles. The summed E-state index contributed by atoms with van der Waals surface area (Å²) in [5.74, 6) is -0.275. The number of hydrogen-bond acceptors (Lipinski definition) is 2. The van der Waals surface area contributed by atoms with Crippen molar-refractivity contribution in [3.8, 4) is 0 Å². The largest absolute Gasteiger partial charge is 0.298 e. The van der Waals surface area contributed by atoms with Crippen LogP contribution in [-0.4, -0.2) is 27.8 Å². The summed E-state index contributed by atoms with van der Waals surface area (Å²) in [5, 5.41) is 0. The van der Waals surface area contributed by atoms with Gasteiger partial charge in [0.15, 0.2) is 0 Å². The second-order valence-corrected chi connectivity index (χ2v) is 3.49. The van der Waals surface area contributed by atoms with E-state index >= 15 is 0 Å². The molecule has 0 bridgehead atoms. The van der Waals surface area contributed by atoms with E-state index in [0.717, 1.165) is 6.42 Å². The van der Waals surface area contributed by atoms with Crippen LogP contribution in [0.15, 0.2) is 25.6 Å². The van der Waals surface area contributed by atoms with Gasteiger partial charge in [-0.15, -0.1) is 0 Å². The monoisotopic (exact) mass is 224 g/mol. The summed E-state index contributed by atoms with van der Waals surface area (Å²) < 4.78 is 0. The number of nitrogens with zero attached hydrogens (tertiary/aromatic N) is 2. The molecule has 4 nitrogen and oxygen atoms in total. The predicted molar refractivity (Wildman–Crippen MR) is 64.1 cm³/mol. The highest BCUT2D eigenvalue weighted by Gasteiger charge is 2.24. The lowest BCUT2D eigenvalue weighted by atomic mass is 10.2. The summed E-state index contributed by atoms with van der Waals surface area (Å²) in [5.41, 5.74) is 0. The summed E-state index contributed by atoms with van der Waals surface area (Å²) in [6.45, 7) is 12.1. The first-order valence-electron chi connectivity index (χ1n) is 5.32. The minimum absolute atomic E-state index is 0.137. The Labute approximate surface area is 97.2 Å². The van der Waals surface area contributed by atoms with Crippen molar-refractivity contribution in [3.05, 3.63) is 25.6 Å². The van der Waals surface area contributed by atoms with Gasteiger partial charge in [-0.05, 0) is 6.42 Å². The van der Waals surface area contributed by atoms with Crippen LogP contribution in [0.3, 0.4) is 0 Å². The Kier molecular flexibility index (Phi) is 6.15. The van der Waals surface area contributed by atoms with Crippen molar-refractivity contribution in [2.24, 2.45) is 0 Å². The number of amides is 2. The summed E-state index contributed by atoms with van der Waals surface area (Å²) in [6, 6.07) is 0. The van der Waals surface area contributed by atoms with Crippen molar-refractivity contribution in [2.45, 2.75) is 39.8 Å². The van der Waals surface area contributed by atoms with Crippen LogP contribution in [0.2, 0.25) is 0 Å². The smallest absolute Gasteiger partial charge is 0.225 e. The Bertz CT molecular complexity index is 261. The lowest BCUT2D eigenvalue weighted by Gasteiger charge is -2.34. The van der Waals surface area contributed by atoms with Crippen LogP contribution in [0.5, 0.6) is 0 Å². The van der Waals surface area contributed by atoms with Crippen LogP contribution in [-0.2, 0) is 9.59 Å². The molecule has 0 unspecified atom stereocenters. The quantitative estimate of drug-likeness (QED) is 0.648. The van der Waals surface area contributed by atoms with E-state index in [9.17, 15) is 9.59 Å². The van der Waals surface area contributed by atoms with Crippen LogP contribution in [0.1, 0.15) is 33.6 Å². The Balaban J connectivity index is 5.08. The number of hydrogen-bond donors (Lipinski definition) is 0. The van der Waals surface area contributed by atoms with Gasteiger partial charge in [-0.3, -0.25) is 19.4 Å². The van der Waals surface area contributed by atoms with Crippen LogP contribution in [0.25, 0.3) is 0 Å². The maximum absolute atomic E-state index is 11.4. The van der Waals surface area contributed by atoms with Gasteiger partial charge in [0.25, 0.3) is 0 Å². The van der Waals surface area contributed by atoms with Gasteiger partial charge in [0.05, 0.1) is 0 Å². The number of carbonyl (C=O) groups is 2. The topological polar surface area (TPSA) is 40.6 Å². The molecule has 0 fully saturated rings. The van der Waals surface area contributed by atoms with E-state index in [-0.39, 0.29) is 18.0 Å². The highest BCUT2D eigenvalue weighted by atomic mass is 16.2. The number of rotatable bonds is 6. The fourth-order valence-electron chi connectivity index (χ4n) is 1.59. The first-order chi connectivity index (χ1) is 7.49. The van der Waals surface area contributed by atoms with Crippen LogP contribution in [0, 0.1) is 0 Å². The third kappa shape index (κ3) is 3.53. The molecule has 0 saturated carbocycles. The highest BCUT2D eigenvalue weighted by Crippen LogP contribution is 2.14. The van der Waals surface area contributed by atoms with Crippen molar-refractivity contribution < 1.29 is 9.59 Å². The van der Waals surface area contributed by atoms with Gasteiger partial charge in [-0.25, -0.2) is 0 Å². The fraction of sp³-hybridized carbons (Fsp3) is 0.500. The molecule has 0 aliphatic carbocycles. The summed E-state index contributed by atoms with van der Waals surface area (Å²) >= 11 is 0. The van der Waals surface area contributed by atoms with E-state index in [0.29, 0.717) is 6.42 Å². The Hall–Kier alpha value is -1.58. The van der Waals surface area contributed by atoms with Crippen molar-refractivity contribution in [1.82, 2.24) is 9.80 Å². The van der Waals surface area contributed by atoms with Gasteiger partial charge in [0, 0.05) is 26.2 Å². The SMILES string of the molecule is C=CN(C(C)=O)C(CCC)N(C=C)C(C)=O. The molecule has 0 aromatic rings. The summed E-state index contributed by atoms with van der Waals surface area (Å²) in [6.07, 6.45) is 4.12. The van der Waals surface area contributed by atoms with Gasteiger partial charge >= 0.3 is 0 Å². The molecule has 0 N–H and O–H groups in total. The first kappa shape index (κ1) is 14.4. The van der Waals surface area contributed by atoms with Gasteiger partial charge in [0.1, 0.15) is 6.17 Å². The highest BCUT2D eigenvalue weighted by molar-refractivity contribution is 5.78. The molecule has 2 amide bonds. The van der Waals surface area contributed by atoms with E-state index in [1.165, 1.54) is 36.0 Å². The van der Waals surface area contributed by atoms with Crippen molar-refractivity contribution in [2.75, 3.05) is 0 Å². The molecular weight excluding hydrogens is 204 g/mol. The van der Waals surface area contributed by atoms with Crippen LogP contribution < -0.4 is 0 Å². The molecule has 0 radical (unpaired) electrons. The minimum atomic E-state index is -0.324. The maximum atomic E-state index is 11.4. The van der Waals surface area contributed by atoms with Gasteiger partial charge in [-0.1, -0.05) is 26.5 Å². The molecule has 16 heavy (non-hydrogen) atoms. The minimum Gasteiger partial charge on any atom is -0.298 e. The molecule has 0 spiro atoms. The molecular formula is C12H20N2O2. The summed E-state index contributed by atoms with van der Waals surface area (Å²) in [4.78, 5) is 25.7. The second kappa shape index (κ2) is 6.82. The van der Waals surface area contributed by atoms with E-state index < -0.39 is 0 Å². The molecule has 0 aliphatic rings. The van der Waals surface area contributed by atoms with Crippen molar-refractivity contribution >= 4 is 11.8 Å². The average molecular weight is 224 g/mol. The number of carbonyl (C=O) groups excluding carboxylic acids is 2. The lowest BCUT2D eigenvalue weighted by Crippen LogP contribution is -2.47. The second-order valence-electron chi connectivity index (χ2n) is 3.49. The van der Waals surface area contributed by atoms with E-state index in [1.807, 2.05) is 6.92 Å². The first-order valence-corrected chi connectivity index (χ1v) is 5.32. The van der Waals surface area contributed by atoms with Crippen molar-refractivity contribution in [1.29, 1.82) is 0 Å². The van der Waals surface area contributed by atoms with Crippen LogP contribution >= 0.6 is 0 Å². The molecule has 0 aliphatic heterocycles. The molecule has 90 valence electrons. The zero-order valence-corrected chi connectivity index (χ0v) is 10.3. The Morgan fingerprint density at radius 1 is 1.12 bits per heavy atom. The predicted octanol–water partition coefficient (Wildman–Crippen LogP) is 2.10. The Morgan fingerprint density at radius 3 is 1.69 bits per heavy atom. The zero-order chi connectivity index (χ0) is 12.7. The van der Waals surface area contributed by atoms with Crippen molar-refractivity contribution in [3.63, 3.8) is 0 Å². The molecule has 0 saturated heterocycles. The zero-order valence-electron chi connectivity index (χ0n) is 10.3. The van der Waals surface area contributed by atoms with Crippen LogP contribution in [0.4, 0.5) is 0 Å². The van der Waals surface area contributed by atoms with Gasteiger partial charge in [0.2, 0.25) is 11.8 Å². The standard InChI is InChI=1S/C12H20N2O2/c1-6-9-12(13(7-2)10(4)15)14(8-3)11(5)16/h7-8,12H,2-3,6,9H2,1,4-5H3. The van der Waals surface area contributed by atoms with E-state index in [2.05, 4.69) is 13.2 Å². The van der Waals surface area contributed by atoms with Gasteiger partial charge < -0.3 is 0 Å². The average Bonchev–Trinajstić information content (AvgIpc) is 2.18. The van der Waals surface area contributed by atoms with Gasteiger partial charge in [-0.2, -0.15) is 0 Å².